The number of aryl methyl sites for hydroxylation is 1. The fraction of sp³-hybridized carbons (Fsp3) is 0.485. The first-order valence-electron chi connectivity index (χ1n) is 14.2. The second-order valence-electron chi connectivity index (χ2n) is 12.3. The molecular formula is C33H47FN4O3. The minimum atomic E-state index is -1.60. The summed E-state index contributed by atoms with van der Waals surface area (Å²) < 4.78 is 21.4. The number of rotatable bonds is 14. The molecule has 7 nitrogen and oxygen atoms in total. The Morgan fingerprint density at radius 3 is 2.49 bits per heavy atom. The Hall–Kier alpha value is -3.20. The third kappa shape index (κ3) is 8.18. The van der Waals surface area contributed by atoms with E-state index >= 15 is 4.39 Å². The number of morpholine rings is 1. The van der Waals surface area contributed by atoms with Crippen molar-refractivity contribution in [1.29, 1.82) is 0 Å². The topological polar surface area (TPSA) is 77.1 Å². The number of benzene rings is 2. The summed E-state index contributed by atoms with van der Waals surface area (Å²) in [6, 6.07) is 11.2. The molecule has 0 saturated carbocycles. The Bertz CT molecular complexity index is 1230. The van der Waals surface area contributed by atoms with E-state index in [-0.39, 0.29) is 36.5 Å². The average molecular weight is 567 g/mol. The Balaban J connectivity index is 1.76. The molecule has 1 aliphatic rings. The summed E-state index contributed by atoms with van der Waals surface area (Å²) in [5.74, 6) is -0.269. The molecule has 1 heterocycles. The molecule has 41 heavy (non-hydrogen) atoms. The zero-order chi connectivity index (χ0) is 30.4. The number of allylic oxidation sites excluding steroid dienone is 1. The summed E-state index contributed by atoms with van der Waals surface area (Å²) in [4.78, 5) is 15.9. The molecule has 1 aliphatic heterocycles. The molecule has 0 bridgehead atoms. The van der Waals surface area contributed by atoms with Crippen LogP contribution in [0.25, 0.3) is 0 Å². The van der Waals surface area contributed by atoms with Crippen molar-refractivity contribution in [2.45, 2.75) is 84.0 Å². The molecule has 224 valence electrons. The Morgan fingerprint density at radius 2 is 1.90 bits per heavy atom. The van der Waals surface area contributed by atoms with Crippen molar-refractivity contribution in [2.75, 3.05) is 25.5 Å². The van der Waals surface area contributed by atoms with Crippen LogP contribution in [-0.2, 0) is 29.2 Å². The van der Waals surface area contributed by atoms with Crippen LogP contribution in [-0.4, -0.2) is 58.4 Å². The van der Waals surface area contributed by atoms with Gasteiger partial charge in [0.1, 0.15) is 5.82 Å². The Labute approximate surface area is 245 Å². The maximum absolute atomic E-state index is 15.3. The number of nitrogens with zero attached hydrogens (tertiary/aromatic N) is 2. The van der Waals surface area contributed by atoms with Crippen LogP contribution >= 0.6 is 0 Å². The van der Waals surface area contributed by atoms with Crippen molar-refractivity contribution in [3.05, 3.63) is 89.4 Å². The molecule has 2 aromatic rings. The van der Waals surface area contributed by atoms with E-state index in [1.54, 1.807) is 19.2 Å². The van der Waals surface area contributed by atoms with Crippen molar-refractivity contribution < 1.29 is 19.0 Å². The zero-order valence-corrected chi connectivity index (χ0v) is 25.5. The highest BCUT2D eigenvalue weighted by Crippen LogP contribution is 2.31. The van der Waals surface area contributed by atoms with Gasteiger partial charge in [0.25, 0.3) is 0 Å². The van der Waals surface area contributed by atoms with Gasteiger partial charge < -0.3 is 25.4 Å². The van der Waals surface area contributed by atoms with Gasteiger partial charge in [-0.25, -0.2) is 4.39 Å². The van der Waals surface area contributed by atoms with Gasteiger partial charge >= 0.3 is 0 Å². The molecule has 1 fully saturated rings. The Morgan fingerprint density at radius 1 is 1.22 bits per heavy atom. The average Bonchev–Trinajstić information content (AvgIpc) is 2.88. The monoisotopic (exact) mass is 566 g/mol. The Kier molecular flexibility index (Phi) is 10.4. The minimum absolute atomic E-state index is 0.139. The molecule has 8 heteroatoms. The van der Waals surface area contributed by atoms with Crippen LogP contribution < -0.4 is 10.6 Å². The van der Waals surface area contributed by atoms with Crippen molar-refractivity contribution in [2.24, 2.45) is 0 Å². The van der Waals surface area contributed by atoms with Crippen LogP contribution in [0.5, 0.6) is 0 Å². The van der Waals surface area contributed by atoms with Crippen LogP contribution in [0, 0.1) is 12.7 Å². The lowest BCUT2D eigenvalue weighted by Gasteiger charge is -2.47. The van der Waals surface area contributed by atoms with Crippen molar-refractivity contribution >= 4 is 12.1 Å². The van der Waals surface area contributed by atoms with Gasteiger partial charge in [0.15, 0.2) is 5.72 Å². The fourth-order valence-electron chi connectivity index (χ4n) is 5.81. The summed E-state index contributed by atoms with van der Waals surface area (Å²) in [5.41, 5.74) is 2.18. The standard InChI is InChI=1S/C33H47FN4O3/c1-9-10-16-33(40,25(3)35-8)38(23-39)20-28-24(2)12-11-13-30(28)36-18-27-15-14-26(17-29(27)34)19-37-21-31(4,5)41-32(6,7)22-37/h9,11-15,17,23,35-36,40H,1,3,10,16,18-22H2,2,4-8H3. The number of hydrogen-bond donors (Lipinski definition) is 3. The van der Waals surface area contributed by atoms with Crippen LogP contribution in [0.15, 0.2) is 61.3 Å². The lowest BCUT2D eigenvalue weighted by atomic mass is 9.98. The zero-order valence-electron chi connectivity index (χ0n) is 25.5. The molecule has 0 aromatic heterocycles. The molecule has 0 aliphatic carbocycles. The molecule has 1 atom stereocenters. The molecule has 1 saturated heterocycles. The van der Waals surface area contributed by atoms with Gasteiger partial charge in [0.2, 0.25) is 6.41 Å². The number of hydrogen-bond acceptors (Lipinski definition) is 6. The molecule has 3 rings (SSSR count). The van der Waals surface area contributed by atoms with E-state index in [1.807, 2.05) is 37.3 Å². The summed E-state index contributed by atoms with van der Waals surface area (Å²) in [5, 5.41) is 17.7. The van der Waals surface area contributed by atoms with E-state index < -0.39 is 5.72 Å². The van der Waals surface area contributed by atoms with Crippen LogP contribution in [0.1, 0.15) is 62.8 Å². The number of nitrogens with one attached hydrogen (secondary N) is 2. The third-order valence-corrected chi connectivity index (χ3v) is 7.58. The van der Waals surface area contributed by atoms with Crippen LogP contribution in [0.2, 0.25) is 0 Å². The van der Waals surface area contributed by atoms with E-state index in [4.69, 9.17) is 4.74 Å². The number of halogens is 1. The first-order valence-corrected chi connectivity index (χ1v) is 14.2. The predicted octanol–water partition coefficient (Wildman–Crippen LogP) is 5.48. The van der Waals surface area contributed by atoms with Crippen LogP contribution in [0.4, 0.5) is 10.1 Å². The molecule has 1 unspecified atom stereocenters. The molecule has 2 aromatic carbocycles. The molecule has 0 spiro atoms. The number of carbonyl (C=O) groups excluding carboxylic acids is 1. The maximum Gasteiger partial charge on any atom is 0.212 e. The number of ether oxygens (including phenoxy) is 1. The van der Waals surface area contributed by atoms with Crippen LogP contribution in [0.3, 0.4) is 0 Å². The summed E-state index contributed by atoms with van der Waals surface area (Å²) in [6.45, 7) is 20.6. The van der Waals surface area contributed by atoms with Crippen molar-refractivity contribution in [1.82, 2.24) is 15.1 Å². The number of aliphatic hydroxyl groups is 1. The van der Waals surface area contributed by atoms with Crippen molar-refractivity contribution in [3.8, 4) is 0 Å². The lowest BCUT2D eigenvalue weighted by molar-refractivity contribution is -0.182. The van der Waals surface area contributed by atoms with E-state index in [2.05, 4.69) is 56.4 Å². The number of carbonyl (C=O) groups is 1. The highest BCUT2D eigenvalue weighted by molar-refractivity contribution is 5.58. The van der Waals surface area contributed by atoms with Gasteiger partial charge in [-0.3, -0.25) is 9.69 Å². The number of anilines is 1. The largest absolute Gasteiger partial charge is 0.388 e. The molecule has 3 N–H and O–H groups in total. The highest BCUT2D eigenvalue weighted by Gasteiger charge is 2.38. The molecule has 0 radical (unpaired) electrons. The summed E-state index contributed by atoms with van der Waals surface area (Å²) >= 11 is 0. The van der Waals surface area contributed by atoms with Gasteiger partial charge in [0, 0.05) is 50.9 Å². The van der Waals surface area contributed by atoms with E-state index in [0.29, 0.717) is 30.6 Å². The van der Waals surface area contributed by atoms with Gasteiger partial charge in [-0.1, -0.05) is 36.9 Å². The first-order chi connectivity index (χ1) is 19.2. The van der Waals surface area contributed by atoms with E-state index in [0.717, 1.165) is 35.5 Å². The third-order valence-electron chi connectivity index (χ3n) is 7.58. The fourth-order valence-corrected chi connectivity index (χ4v) is 5.81. The SMILES string of the molecule is C=CCCC(O)(C(=C)NC)N(C=O)Cc1c(C)cccc1NCc1ccc(CN2CC(C)(C)OC(C)(C)C2)cc1F. The number of likely N-dealkylation sites (N-methyl/N-ethyl adjacent to an activating group) is 1. The molecular weight excluding hydrogens is 519 g/mol. The minimum Gasteiger partial charge on any atom is -0.388 e. The first kappa shape index (κ1) is 32.3. The normalized spacial score (nSPS) is 17.8. The smallest absolute Gasteiger partial charge is 0.212 e. The lowest BCUT2D eigenvalue weighted by Crippen LogP contribution is -2.56. The molecule has 1 amide bonds. The maximum atomic E-state index is 15.3. The number of amides is 1. The predicted molar refractivity (Wildman–Crippen MR) is 164 cm³/mol. The van der Waals surface area contributed by atoms with E-state index in [1.165, 1.54) is 4.90 Å². The van der Waals surface area contributed by atoms with Gasteiger partial charge in [-0.05, 0) is 69.9 Å². The van der Waals surface area contributed by atoms with Gasteiger partial charge in [-0.15, -0.1) is 6.58 Å². The summed E-state index contributed by atoms with van der Waals surface area (Å²) in [7, 11) is 1.66. The second kappa shape index (κ2) is 13.2. The second-order valence-corrected chi connectivity index (χ2v) is 12.3. The van der Waals surface area contributed by atoms with Crippen molar-refractivity contribution in [3.63, 3.8) is 0 Å². The van der Waals surface area contributed by atoms with Gasteiger partial charge in [0.05, 0.1) is 23.4 Å². The van der Waals surface area contributed by atoms with Gasteiger partial charge in [-0.2, -0.15) is 0 Å². The highest BCUT2D eigenvalue weighted by atomic mass is 19.1. The quantitative estimate of drug-likeness (QED) is 0.160. The van der Waals surface area contributed by atoms with E-state index in [9.17, 15) is 9.90 Å². The summed E-state index contributed by atoms with van der Waals surface area (Å²) in [6.07, 6.45) is 3.08.